The number of fused-ring (bicyclic) bond motifs is 1. The molecule has 0 spiro atoms. The number of carbonyl (C=O) groups excluding carboxylic acids is 1. The van der Waals surface area contributed by atoms with Gasteiger partial charge in [-0.3, -0.25) is 0 Å². The number of rotatable bonds is 10. The maximum atomic E-state index is 15.0. The molecule has 0 aliphatic rings. The van der Waals surface area contributed by atoms with Gasteiger partial charge in [-0.1, -0.05) is 50.0 Å². The molecule has 2 N–H and O–H groups in total. The van der Waals surface area contributed by atoms with Gasteiger partial charge in [-0.15, -0.1) is 0 Å². The van der Waals surface area contributed by atoms with Crippen LogP contribution in [0.3, 0.4) is 0 Å². The molecule has 0 bridgehead atoms. The van der Waals surface area contributed by atoms with Gasteiger partial charge >= 0.3 is 6.03 Å². The Morgan fingerprint density at radius 2 is 1.66 bits per heavy atom. The van der Waals surface area contributed by atoms with Crippen LogP contribution in [0.5, 0.6) is 0 Å². The van der Waals surface area contributed by atoms with E-state index >= 15 is 0 Å². The van der Waals surface area contributed by atoms with Crippen molar-refractivity contribution in [3.05, 3.63) is 90.9 Å². The van der Waals surface area contributed by atoms with Crippen molar-refractivity contribution in [1.29, 1.82) is 0 Å². The van der Waals surface area contributed by atoms with Gasteiger partial charge in [-0.05, 0) is 60.1 Å². The highest BCUT2D eigenvalue weighted by molar-refractivity contribution is 7.90. The fourth-order valence-corrected chi connectivity index (χ4v) is 5.99. The Kier molecular flexibility index (Phi) is 8.95. The third-order valence-corrected chi connectivity index (χ3v) is 9.67. The molecule has 12 heteroatoms. The van der Waals surface area contributed by atoms with Gasteiger partial charge in [-0.25, -0.2) is 27.3 Å². The number of halogens is 1. The van der Waals surface area contributed by atoms with E-state index in [9.17, 15) is 17.6 Å². The first-order valence-electron chi connectivity index (χ1n) is 14.0. The van der Waals surface area contributed by atoms with Gasteiger partial charge in [0.1, 0.15) is 18.2 Å². The smallest absolute Gasteiger partial charge is 0.323 e. The first kappa shape index (κ1) is 31.0. The van der Waals surface area contributed by atoms with Gasteiger partial charge in [0.2, 0.25) is 0 Å². The number of pyridine rings is 1. The number of carbonyl (C=O) groups is 1. The molecule has 3 aromatic carbocycles. The predicted octanol–water partition coefficient (Wildman–Crippen LogP) is 7.26. The zero-order chi connectivity index (χ0) is 31.5. The summed E-state index contributed by atoms with van der Waals surface area (Å²) in [6.45, 7) is 7.55. The van der Waals surface area contributed by atoms with Crippen LogP contribution in [0.2, 0.25) is 25.7 Å². The number of hydrogen-bond acceptors (Lipinski definition) is 6. The SMILES string of the molecule is C[Si](C)(C)CCOCn1nc(-c2cc(F)cc(NC(=O)Nc3ccccc3)c2)c2cc(-c3cccc(S(C)(=O)=O)c3)cnc21. The van der Waals surface area contributed by atoms with Crippen LogP contribution < -0.4 is 10.6 Å². The number of nitrogens with zero attached hydrogens (tertiary/aromatic N) is 3. The van der Waals surface area contributed by atoms with Gasteiger partial charge in [0.15, 0.2) is 15.5 Å². The molecule has 5 rings (SSSR count). The lowest BCUT2D eigenvalue weighted by molar-refractivity contribution is 0.0814. The number of ether oxygens (including phenoxy) is 1. The third-order valence-electron chi connectivity index (χ3n) is 6.85. The molecule has 5 aromatic rings. The minimum absolute atomic E-state index is 0.150. The average molecular weight is 632 g/mol. The van der Waals surface area contributed by atoms with Gasteiger partial charge in [0, 0.05) is 55.0 Å². The molecule has 2 aromatic heterocycles. The summed E-state index contributed by atoms with van der Waals surface area (Å²) in [6.07, 6.45) is 2.81. The number of urea groups is 1. The van der Waals surface area contributed by atoms with E-state index in [1.165, 1.54) is 12.1 Å². The second-order valence-corrected chi connectivity index (χ2v) is 19.4. The quantitative estimate of drug-likeness (QED) is 0.124. The molecule has 0 unspecified atom stereocenters. The first-order chi connectivity index (χ1) is 20.9. The molecule has 0 saturated heterocycles. The highest BCUT2D eigenvalue weighted by Crippen LogP contribution is 2.33. The average Bonchev–Trinajstić information content (AvgIpc) is 3.32. The number of sulfone groups is 1. The Morgan fingerprint density at radius 1 is 0.909 bits per heavy atom. The minimum Gasteiger partial charge on any atom is -0.359 e. The van der Waals surface area contributed by atoms with Crippen molar-refractivity contribution in [2.24, 2.45) is 0 Å². The van der Waals surface area contributed by atoms with E-state index in [-0.39, 0.29) is 17.3 Å². The van der Waals surface area contributed by atoms with Crippen molar-refractivity contribution in [1.82, 2.24) is 14.8 Å². The Morgan fingerprint density at radius 3 is 2.39 bits per heavy atom. The normalized spacial score (nSPS) is 11.9. The molecule has 0 atom stereocenters. The van der Waals surface area contributed by atoms with Crippen LogP contribution in [0.25, 0.3) is 33.4 Å². The Labute approximate surface area is 257 Å². The van der Waals surface area contributed by atoms with Crippen LogP contribution in [0, 0.1) is 5.82 Å². The lowest BCUT2D eigenvalue weighted by Crippen LogP contribution is -2.22. The molecule has 9 nitrogen and oxygen atoms in total. The van der Waals surface area contributed by atoms with Gasteiger partial charge in [0.05, 0.1) is 4.90 Å². The topological polar surface area (TPSA) is 115 Å². The van der Waals surface area contributed by atoms with Crippen molar-refractivity contribution < 1.29 is 22.3 Å². The van der Waals surface area contributed by atoms with Crippen LogP contribution >= 0.6 is 0 Å². The van der Waals surface area contributed by atoms with E-state index in [0.29, 0.717) is 45.7 Å². The van der Waals surface area contributed by atoms with Gasteiger partial charge < -0.3 is 15.4 Å². The summed E-state index contributed by atoms with van der Waals surface area (Å²) in [6, 6.07) is 22.1. The second kappa shape index (κ2) is 12.7. The van der Waals surface area contributed by atoms with E-state index in [0.717, 1.165) is 12.3 Å². The van der Waals surface area contributed by atoms with Crippen LogP contribution in [0.15, 0.2) is 90.0 Å². The summed E-state index contributed by atoms with van der Waals surface area (Å²) < 4.78 is 46.9. The standard InChI is InChI=1S/C32H34FN5O4SSi/c1-43(40,41)28-12-8-9-22(17-28)24-18-29-30(37-38(31(29)34-20-24)21-42-13-14-44(2,3)4)23-15-25(33)19-27(16-23)36-32(39)35-26-10-6-5-7-11-26/h5-12,15-20H,13-14,21H2,1-4H3,(H2,35,36,39). The first-order valence-corrected chi connectivity index (χ1v) is 19.6. The molecule has 2 amide bonds. The van der Waals surface area contributed by atoms with E-state index in [2.05, 4.69) is 35.3 Å². The molecule has 0 aliphatic heterocycles. The zero-order valence-corrected chi connectivity index (χ0v) is 26.8. The summed E-state index contributed by atoms with van der Waals surface area (Å²) in [5.74, 6) is -0.559. The molecule has 0 fully saturated rings. The lowest BCUT2D eigenvalue weighted by Gasteiger charge is -2.15. The van der Waals surface area contributed by atoms with Crippen LogP contribution in [-0.2, 0) is 21.3 Å². The monoisotopic (exact) mass is 631 g/mol. The summed E-state index contributed by atoms with van der Waals surface area (Å²) in [5, 5.41) is 10.8. The molecule has 0 saturated carbocycles. The van der Waals surface area contributed by atoms with E-state index in [1.807, 2.05) is 12.1 Å². The fourth-order valence-electron chi connectivity index (χ4n) is 4.57. The summed E-state index contributed by atoms with van der Waals surface area (Å²) >= 11 is 0. The summed E-state index contributed by atoms with van der Waals surface area (Å²) in [5.41, 5.74) is 3.55. The highest BCUT2D eigenvalue weighted by Gasteiger charge is 2.19. The molecule has 228 valence electrons. The third kappa shape index (κ3) is 7.76. The zero-order valence-electron chi connectivity index (χ0n) is 25.0. The van der Waals surface area contributed by atoms with E-state index in [1.54, 1.807) is 65.5 Å². The van der Waals surface area contributed by atoms with Crippen LogP contribution in [0.4, 0.5) is 20.6 Å². The maximum Gasteiger partial charge on any atom is 0.323 e. The largest absolute Gasteiger partial charge is 0.359 e. The number of hydrogen-bond donors (Lipinski definition) is 2. The number of amides is 2. The molecule has 0 aliphatic carbocycles. The highest BCUT2D eigenvalue weighted by atomic mass is 32.2. The Hall–Kier alpha value is -4.39. The number of nitrogens with one attached hydrogen (secondary N) is 2. The van der Waals surface area contributed by atoms with Crippen molar-refractivity contribution in [3.8, 4) is 22.4 Å². The van der Waals surface area contributed by atoms with Crippen LogP contribution in [-0.4, -0.2) is 50.1 Å². The van der Waals surface area contributed by atoms with Crippen molar-refractivity contribution in [2.75, 3.05) is 23.5 Å². The van der Waals surface area contributed by atoms with Crippen molar-refractivity contribution in [3.63, 3.8) is 0 Å². The number of para-hydroxylation sites is 1. The summed E-state index contributed by atoms with van der Waals surface area (Å²) in [4.78, 5) is 17.5. The predicted molar refractivity (Wildman–Crippen MR) is 175 cm³/mol. The van der Waals surface area contributed by atoms with Gasteiger partial charge in [-0.2, -0.15) is 5.10 Å². The minimum atomic E-state index is -3.42. The molecule has 2 heterocycles. The van der Waals surface area contributed by atoms with Crippen molar-refractivity contribution in [2.45, 2.75) is 37.3 Å². The number of benzene rings is 3. The summed E-state index contributed by atoms with van der Waals surface area (Å²) in [7, 11) is -4.72. The number of aromatic nitrogens is 3. The maximum absolute atomic E-state index is 15.0. The van der Waals surface area contributed by atoms with E-state index < -0.39 is 29.8 Å². The molecule has 44 heavy (non-hydrogen) atoms. The Bertz CT molecular complexity index is 1920. The fraction of sp³-hybridized carbons (Fsp3) is 0.219. The molecular weight excluding hydrogens is 598 g/mol. The van der Waals surface area contributed by atoms with Gasteiger partial charge in [0.25, 0.3) is 0 Å². The second-order valence-electron chi connectivity index (χ2n) is 11.8. The molecule has 0 radical (unpaired) electrons. The van der Waals surface area contributed by atoms with Crippen molar-refractivity contribution >= 4 is 46.4 Å². The number of anilines is 2. The van der Waals surface area contributed by atoms with E-state index in [4.69, 9.17) is 9.84 Å². The lowest BCUT2D eigenvalue weighted by atomic mass is 10.0. The Balaban J connectivity index is 1.53. The molecular formula is C32H34FN5O4SSi. The van der Waals surface area contributed by atoms with Crippen LogP contribution in [0.1, 0.15) is 0 Å².